The van der Waals surface area contributed by atoms with Crippen LogP contribution in [0.5, 0.6) is 11.5 Å². The molecule has 2 aromatic carbocycles. The first-order valence-electron chi connectivity index (χ1n) is 10.9. The number of hydrogen-bond donors (Lipinski definition) is 0. The van der Waals surface area contributed by atoms with Crippen molar-refractivity contribution in [3.8, 4) is 11.5 Å². The number of unbranched alkanes of at least 4 members (excludes halogenated alkanes) is 1. The second-order valence-corrected chi connectivity index (χ2v) is 9.31. The maximum atomic E-state index is 13.5. The van der Waals surface area contributed by atoms with Crippen molar-refractivity contribution >= 4 is 22.4 Å². The SMILES string of the molecule is CCCCOc1c(CCl)n(CC(C)(C)C)c(=O)c2cc(OCc3ccccc3)ccc12. The molecule has 3 rings (SSSR count). The van der Waals surface area contributed by atoms with E-state index in [1.54, 1.807) is 4.57 Å². The highest BCUT2D eigenvalue weighted by atomic mass is 35.5. The molecule has 4 nitrogen and oxygen atoms in total. The highest BCUT2D eigenvalue weighted by Crippen LogP contribution is 2.33. The highest BCUT2D eigenvalue weighted by Gasteiger charge is 2.22. The molecule has 166 valence electrons. The Morgan fingerprint density at radius 2 is 1.74 bits per heavy atom. The molecule has 3 aromatic rings. The van der Waals surface area contributed by atoms with Crippen LogP contribution in [0.4, 0.5) is 0 Å². The summed E-state index contributed by atoms with van der Waals surface area (Å²) >= 11 is 6.34. The molecule has 0 atom stereocenters. The summed E-state index contributed by atoms with van der Waals surface area (Å²) in [6, 6.07) is 15.6. The van der Waals surface area contributed by atoms with Gasteiger partial charge in [0.2, 0.25) is 0 Å². The molecule has 0 bridgehead atoms. The number of hydrogen-bond acceptors (Lipinski definition) is 3. The Balaban J connectivity index is 2.08. The van der Waals surface area contributed by atoms with Crippen LogP contribution < -0.4 is 15.0 Å². The average molecular weight is 442 g/mol. The lowest BCUT2D eigenvalue weighted by Gasteiger charge is -2.25. The third kappa shape index (κ3) is 5.82. The number of halogens is 1. The number of ether oxygens (including phenoxy) is 2. The first-order valence-corrected chi connectivity index (χ1v) is 11.4. The van der Waals surface area contributed by atoms with E-state index in [0.29, 0.717) is 36.6 Å². The second kappa shape index (κ2) is 10.2. The Labute approximate surface area is 189 Å². The molecule has 31 heavy (non-hydrogen) atoms. The summed E-state index contributed by atoms with van der Waals surface area (Å²) in [5, 5.41) is 1.38. The van der Waals surface area contributed by atoms with E-state index in [9.17, 15) is 4.79 Å². The van der Waals surface area contributed by atoms with Crippen LogP contribution >= 0.6 is 11.6 Å². The number of alkyl halides is 1. The molecule has 0 aliphatic rings. The molecule has 0 spiro atoms. The van der Waals surface area contributed by atoms with E-state index in [4.69, 9.17) is 21.1 Å². The molecule has 1 aromatic heterocycles. The van der Waals surface area contributed by atoms with Gasteiger partial charge in [0.25, 0.3) is 5.56 Å². The quantitative estimate of drug-likeness (QED) is 0.279. The Morgan fingerprint density at radius 1 is 1.00 bits per heavy atom. The van der Waals surface area contributed by atoms with Gasteiger partial charge in [0.05, 0.1) is 23.6 Å². The predicted octanol–water partition coefficient (Wildman–Crippen LogP) is 6.54. The molecule has 5 heteroatoms. The smallest absolute Gasteiger partial charge is 0.259 e. The lowest BCUT2D eigenvalue weighted by molar-refractivity contribution is 0.296. The van der Waals surface area contributed by atoms with E-state index in [1.165, 1.54) is 0 Å². The number of fused-ring (bicyclic) bond motifs is 1. The Hall–Kier alpha value is -2.46. The minimum atomic E-state index is -0.0829. The van der Waals surface area contributed by atoms with Crippen molar-refractivity contribution in [3.05, 3.63) is 70.1 Å². The molecular weight excluding hydrogens is 410 g/mol. The number of rotatable bonds is 9. The zero-order chi connectivity index (χ0) is 22.4. The van der Waals surface area contributed by atoms with Crippen LogP contribution in [0.1, 0.15) is 51.8 Å². The van der Waals surface area contributed by atoms with E-state index in [2.05, 4.69) is 27.7 Å². The summed E-state index contributed by atoms with van der Waals surface area (Å²) < 4.78 is 13.9. The van der Waals surface area contributed by atoms with Gasteiger partial charge in [0.15, 0.2) is 0 Å². The average Bonchev–Trinajstić information content (AvgIpc) is 2.75. The number of nitrogens with zero attached hydrogens (tertiary/aromatic N) is 1. The van der Waals surface area contributed by atoms with E-state index < -0.39 is 0 Å². The maximum Gasteiger partial charge on any atom is 0.259 e. The molecule has 0 aliphatic heterocycles. The van der Waals surface area contributed by atoms with Crippen molar-refractivity contribution in [2.24, 2.45) is 5.41 Å². The van der Waals surface area contributed by atoms with Gasteiger partial charge in [-0.05, 0) is 35.6 Å². The van der Waals surface area contributed by atoms with Crippen molar-refractivity contribution in [2.75, 3.05) is 6.61 Å². The van der Waals surface area contributed by atoms with Crippen molar-refractivity contribution in [3.63, 3.8) is 0 Å². The van der Waals surface area contributed by atoms with Crippen molar-refractivity contribution in [2.45, 2.75) is 59.6 Å². The van der Waals surface area contributed by atoms with Gasteiger partial charge in [-0.3, -0.25) is 4.79 Å². The van der Waals surface area contributed by atoms with Crippen LogP contribution in [0.25, 0.3) is 10.8 Å². The normalized spacial score (nSPS) is 11.6. The molecule has 0 amide bonds. The van der Waals surface area contributed by atoms with Crippen LogP contribution in [0.3, 0.4) is 0 Å². The van der Waals surface area contributed by atoms with Crippen LogP contribution in [-0.4, -0.2) is 11.2 Å². The monoisotopic (exact) mass is 441 g/mol. The van der Waals surface area contributed by atoms with Crippen LogP contribution in [0, 0.1) is 5.41 Å². The predicted molar refractivity (Wildman–Crippen MR) is 128 cm³/mol. The number of benzene rings is 2. The van der Waals surface area contributed by atoms with Gasteiger partial charge >= 0.3 is 0 Å². The molecule has 0 N–H and O–H groups in total. The first-order chi connectivity index (χ1) is 14.8. The van der Waals surface area contributed by atoms with Crippen molar-refractivity contribution in [1.82, 2.24) is 4.57 Å². The molecular formula is C26H32ClNO3. The Kier molecular flexibility index (Phi) is 7.66. The third-order valence-corrected chi connectivity index (χ3v) is 5.30. The topological polar surface area (TPSA) is 40.5 Å². The minimum absolute atomic E-state index is 0.0615. The fraction of sp³-hybridized carbons (Fsp3) is 0.423. The summed E-state index contributed by atoms with van der Waals surface area (Å²) in [4.78, 5) is 13.5. The molecule has 0 saturated heterocycles. The van der Waals surface area contributed by atoms with Gasteiger partial charge in [-0.2, -0.15) is 0 Å². The van der Waals surface area contributed by atoms with Gasteiger partial charge < -0.3 is 14.0 Å². The van der Waals surface area contributed by atoms with Gasteiger partial charge in [-0.15, -0.1) is 11.6 Å². The largest absolute Gasteiger partial charge is 0.491 e. The maximum absolute atomic E-state index is 13.5. The van der Waals surface area contributed by atoms with E-state index >= 15 is 0 Å². The Morgan fingerprint density at radius 3 is 2.39 bits per heavy atom. The molecule has 1 heterocycles. The molecule has 0 unspecified atom stereocenters. The molecule has 0 aliphatic carbocycles. The zero-order valence-corrected chi connectivity index (χ0v) is 19.7. The standard InChI is InChI=1S/C26H32ClNO3/c1-5-6-14-30-24-21-13-12-20(31-17-19-10-8-7-9-11-19)15-22(21)25(29)28(23(24)16-27)18-26(2,3)4/h7-13,15H,5-6,14,16-18H2,1-4H3. The van der Waals surface area contributed by atoms with Crippen LogP contribution in [0.2, 0.25) is 0 Å². The zero-order valence-electron chi connectivity index (χ0n) is 18.9. The Bertz CT molecular complexity index is 1070. The van der Waals surface area contributed by atoms with Gasteiger partial charge in [0, 0.05) is 11.9 Å². The second-order valence-electron chi connectivity index (χ2n) is 9.05. The van der Waals surface area contributed by atoms with Gasteiger partial charge in [0.1, 0.15) is 18.1 Å². The highest BCUT2D eigenvalue weighted by molar-refractivity contribution is 6.17. The fourth-order valence-electron chi connectivity index (χ4n) is 3.53. The van der Waals surface area contributed by atoms with Gasteiger partial charge in [-0.1, -0.05) is 64.4 Å². The summed E-state index contributed by atoms with van der Waals surface area (Å²) in [6.45, 7) is 10.1. The summed E-state index contributed by atoms with van der Waals surface area (Å²) in [5.41, 5.74) is 1.67. The van der Waals surface area contributed by atoms with Crippen molar-refractivity contribution < 1.29 is 9.47 Å². The number of pyridine rings is 1. The van der Waals surface area contributed by atoms with E-state index in [-0.39, 0.29) is 16.9 Å². The van der Waals surface area contributed by atoms with E-state index in [1.807, 2.05) is 48.5 Å². The lowest BCUT2D eigenvalue weighted by Crippen LogP contribution is -2.30. The third-order valence-electron chi connectivity index (χ3n) is 5.05. The van der Waals surface area contributed by atoms with Gasteiger partial charge in [-0.25, -0.2) is 0 Å². The molecule has 0 saturated carbocycles. The molecule has 0 fully saturated rings. The van der Waals surface area contributed by atoms with E-state index in [0.717, 1.165) is 29.5 Å². The lowest BCUT2D eigenvalue weighted by atomic mass is 9.96. The first kappa shape index (κ1) is 23.2. The van der Waals surface area contributed by atoms with Crippen molar-refractivity contribution in [1.29, 1.82) is 0 Å². The summed E-state index contributed by atoms with van der Waals surface area (Å²) in [7, 11) is 0. The minimum Gasteiger partial charge on any atom is -0.491 e. The van der Waals surface area contributed by atoms with Crippen LogP contribution in [-0.2, 0) is 19.0 Å². The fourth-order valence-corrected chi connectivity index (χ4v) is 3.79. The van der Waals surface area contributed by atoms with Crippen LogP contribution in [0.15, 0.2) is 53.3 Å². The molecule has 0 radical (unpaired) electrons. The summed E-state index contributed by atoms with van der Waals surface area (Å²) in [6.07, 6.45) is 1.98. The summed E-state index contributed by atoms with van der Waals surface area (Å²) in [5.74, 6) is 1.58. The number of aromatic nitrogens is 1.